The van der Waals surface area contributed by atoms with Gasteiger partial charge in [-0.25, -0.2) is 0 Å². The number of rotatable bonds is 0. The fourth-order valence-corrected chi connectivity index (χ4v) is 0. The van der Waals surface area contributed by atoms with Gasteiger partial charge >= 0.3 is 58.6 Å². The first-order valence-electron chi connectivity index (χ1n) is 0.873. The molecule has 0 saturated heterocycles. The molecule has 0 saturated carbocycles. The summed E-state index contributed by atoms with van der Waals surface area (Å²) in [4.78, 5) is 0. The first-order valence-corrected chi connectivity index (χ1v) is 0.873. The molecule has 0 aliphatic rings. The second kappa shape index (κ2) is 5.49. The minimum Gasteiger partial charge on any atom is -0.418 e. The molecule has 0 bridgehead atoms. The topological polar surface area (TPSA) is 0 Å². The monoisotopic (exact) mass is 146 g/mol. The van der Waals surface area contributed by atoms with Crippen LogP contribution in [0.4, 0.5) is 22.0 Å². The Morgan fingerprint density at radius 2 is 0.857 bits per heavy atom. The Bertz CT molecular complexity index is 23.6. The molecule has 0 rings (SSSR count). The first kappa shape index (κ1) is 15.8. The molecule has 0 spiro atoms. The van der Waals surface area contributed by atoms with Crippen molar-refractivity contribution >= 4 is 7.25 Å². The van der Waals surface area contributed by atoms with Crippen LogP contribution in [0, 0.1) is 0 Å². The molecule has 0 aliphatic carbocycles. The Hall–Kier alpha value is 1.35. The Balaban J connectivity index is -0.0000000800. The zero-order valence-electron chi connectivity index (χ0n) is 3.50. The molecule has 0 atom stereocenters. The summed E-state index contributed by atoms with van der Waals surface area (Å²) in [7, 11) is -6.00. The third-order valence-corrected chi connectivity index (χ3v) is 0. The van der Waals surface area contributed by atoms with Crippen molar-refractivity contribution < 1.29 is 73.4 Å². The number of hydrogen-bond donors (Lipinski definition) is 0. The van der Waals surface area contributed by atoms with Gasteiger partial charge in [0, 0.05) is 0 Å². The van der Waals surface area contributed by atoms with Crippen LogP contribution in [0.15, 0.2) is 0 Å². The molecular weight excluding hydrogens is 145 g/mol. The summed E-state index contributed by atoms with van der Waals surface area (Å²) in [6.45, 7) is 0. The number of hydrogen-bond acceptors (Lipinski definition) is 0. The SMILES string of the molecule is F.F[B-](F)(F)F.[K+]. The number of halogens is 5. The predicted octanol–water partition coefficient (Wildman–Crippen LogP) is -1.54. The van der Waals surface area contributed by atoms with Crippen molar-refractivity contribution in [2.75, 3.05) is 0 Å². The van der Waals surface area contributed by atoms with Crippen LogP contribution in [0.1, 0.15) is 0 Å². The standard InChI is InChI=1S/BF4.FH.K/c2-1(3,4)5;;/h;1H;/q-1;;+1. The normalized spacial score (nSPS) is 8.57. The van der Waals surface area contributed by atoms with E-state index in [9.17, 15) is 17.3 Å². The van der Waals surface area contributed by atoms with Gasteiger partial charge in [0.2, 0.25) is 0 Å². The summed E-state index contributed by atoms with van der Waals surface area (Å²) in [5.41, 5.74) is 0. The largest absolute Gasteiger partial charge is 1.00 e. The average molecular weight is 146 g/mol. The Morgan fingerprint density at radius 3 is 0.857 bits per heavy atom. The molecule has 7 heteroatoms. The molecule has 0 heterocycles. The molecular formula is HBF5K. The van der Waals surface area contributed by atoms with E-state index in [0.717, 1.165) is 0 Å². The maximum absolute atomic E-state index is 9.75. The molecule has 40 valence electrons. The zero-order chi connectivity index (χ0) is 4.50. The Labute approximate surface area is 79.5 Å². The smallest absolute Gasteiger partial charge is 0.418 e. The van der Waals surface area contributed by atoms with Crippen molar-refractivity contribution in [3.8, 4) is 0 Å². The zero-order valence-corrected chi connectivity index (χ0v) is 6.62. The summed E-state index contributed by atoms with van der Waals surface area (Å²) in [6.07, 6.45) is 0. The molecule has 0 aromatic rings. The van der Waals surface area contributed by atoms with Crippen molar-refractivity contribution in [3.63, 3.8) is 0 Å². The Morgan fingerprint density at radius 1 is 0.857 bits per heavy atom. The molecule has 0 aromatic heterocycles. The summed E-state index contributed by atoms with van der Waals surface area (Å²) in [5.74, 6) is 0. The first-order chi connectivity index (χ1) is 2.00. The van der Waals surface area contributed by atoms with Crippen LogP contribution >= 0.6 is 0 Å². The van der Waals surface area contributed by atoms with Crippen molar-refractivity contribution in [2.45, 2.75) is 0 Å². The second-order valence-electron chi connectivity index (χ2n) is 0.495. The van der Waals surface area contributed by atoms with E-state index < -0.39 is 7.25 Å². The minimum atomic E-state index is -6.00. The molecule has 0 radical (unpaired) electrons. The third kappa shape index (κ3) is 115. The van der Waals surface area contributed by atoms with Crippen LogP contribution in [-0.4, -0.2) is 7.25 Å². The van der Waals surface area contributed by atoms with Crippen LogP contribution in [0.3, 0.4) is 0 Å². The molecule has 0 fully saturated rings. The van der Waals surface area contributed by atoms with Gasteiger partial charge in [-0.15, -0.1) is 0 Å². The van der Waals surface area contributed by atoms with Gasteiger partial charge in [-0.1, -0.05) is 0 Å². The van der Waals surface area contributed by atoms with E-state index in [1.54, 1.807) is 0 Å². The van der Waals surface area contributed by atoms with E-state index in [2.05, 4.69) is 0 Å². The van der Waals surface area contributed by atoms with Gasteiger partial charge in [-0.05, 0) is 0 Å². The van der Waals surface area contributed by atoms with Crippen LogP contribution < -0.4 is 51.4 Å². The fraction of sp³-hybridized carbons (Fsp3) is 0. The van der Waals surface area contributed by atoms with E-state index in [1.807, 2.05) is 0 Å². The molecule has 0 aliphatic heterocycles. The van der Waals surface area contributed by atoms with Crippen molar-refractivity contribution in [1.82, 2.24) is 0 Å². The maximum atomic E-state index is 9.75. The van der Waals surface area contributed by atoms with Gasteiger partial charge in [0.15, 0.2) is 0 Å². The van der Waals surface area contributed by atoms with E-state index >= 15 is 0 Å². The van der Waals surface area contributed by atoms with Gasteiger partial charge < -0.3 is 17.3 Å². The van der Waals surface area contributed by atoms with Crippen LogP contribution in [-0.2, 0) is 0 Å². The molecule has 0 aromatic carbocycles. The second-order valence-corrected chi connectivity index (χ2v) is 0.495. The van der Waals surface area contributed by atoms with Crippen molar-refractivity contribution in [3.05, 3.63) is 0 Å². The van der Waals surface area contributed by atoms with E-state index in [0.29, 0.717) is 0 Å². The minimum absolute atomic E-state index is 0. The van der Waals surface area contributed by atoms with Crippen molar-refractivity contribution in [2.24, 2.45) is 0 Å². The van der Waals surface area contributed by atoms with Gasteiger partial charge in [0.05, 0.1) is 0 Å². The van der Waals surface area contributed by atoms with Gasteiger partial charge in [0.1, 0.15) is 0 Å². The summed E-state index contributed by atoms with van der Waals surface area (Å²) in [6, 6.07) is 0. The predicted molar refractivity (Wildman–Crippen MR) is 12.7 cm³/mol. The molecule has 0 nitrogen and oxygen atoms in total. The van der Waals surface area contributed by atoms with Crippen LogP contribution in [0.25, 0.3) is 0 Å². The van der Waals surface area contributed by atoms with Crippen molar-refractivity contribution in [1.29, 1.82) is 0 Å². The van der Waals surface area contributed by atoms with E-state index in [-0.39, 0.29) is 56.1 Å². The van der Waals surface area contributed by atoms with Gasteiger partial charge in [-0.2, -0.15) is 0 Å². The van der Waals surface area contributed by atoms with E-state index in [1.165, 1.54) is 0 Å². The molecule has 7 heavy (non-hydrogen) atoms. The summed E-state index contributed by atoms with van der Waals surface area (Å²) in [5, 5.41) is 0. The maximum Gasteiger partial charge on any atom is 1.00 e. The molecule has 0 N–H and O–H groups in total. The van der Waals surface area contributed by atoms with Crippen LogP contribution in [0.2, 0.25) is 0 Å². The average Bonchev–Trinajstić information content (AvgIpc) is 0.722. The molecule has 0 amide bonds. The van der Waals surface area contributed by atoms with Crippen LogP contribution in [0.5, 0.6) is 0 Å². The van der Waals surface area contributed by atoms with E-state index in [4.69, 9.17) is 0 Å². The molecule has 0 unspecified atom stereocenters. The third-order valence-electron chi connectivity index (χ3n) is 0. The summed E-state index contributed by atoms with van der Waals surface area (Å²) >= 11 is 0. The van der Waals surface area contributed by atoms with Gasteiger partial charge in [-0.3, -0.25) is 4.70 Å². The van der Waals surface area contributed by atoms with Gasteiger partial charge in [0.25, 0.3) is 0 Å². The quantitative estimate of drug-likeness (QED) is 0.287. The Kier molecular flexibility index (Phi) is 12.4. The summed E-state index contributed by atoms with van der Waals surface area (Å²) < 4.78 is 39.0. The fourth-order valence-electron chi connectivity index (χ4n) is 0.